The van der Waals surface area contributed by atoms with E-state index in [1.165, 1.54) is 0 Å². The van der Waals surface area contributed by atoms with Gasteiger partial charge in [-0.2, -0.15) is 0 Å². The summed E-state index contributed by atoms with van der Waals surface area (Å²) in [6, 6.07) is 24.2. The van der Waals surface area contributed by atoms with Gasteiger partial charge in [-0.1, -0.05) is 72.3 Å². The van der Waals surface area contributed by atoms with Crippen LogP contribution in [0, 0.1) is 0 Å². The van der Waals surface area contributed by atoms with Crippen LogP contribution in [0.4, 0.5) is 0 Å². The first-order chi connectivity index (χ1) is 15.5. The maximum Gasteiger partial charge on any atom is 0.268 e. The Morgan fingerprint density at radius 2 is 1.62 bits per heavy atom. The van der Waals surface area contributed by atoms with Gasteiger partial charge in [-0.05, 0) is 29.8 Å². The third-order valence-electron chi connectivity index (χ3n) is 5.13. The molecule has 32 heavy (non-hydrogen) atoms. The quantitative estimate of drug-likeness (QED) is 0.415. The summed E-state index contributed by atoms with van der Waals surface area (Å²) in [5.74, 6) is -0.834. The van der Waals surface area contributed by atoms with E-state index in [0.717, 1.165) is 22.0 Å². The zero-order chi connectivity index (χ0) is 22.5. The molecule has 0 radical (unpaired) electrons. The van der Waals surface area contributed by atoms with Gasteiger partial charge in [0.1, 0.15) is 5.70 Å². The first-order valence-electron chi connectivity index (χ1n) is 10.2. The van der Waals surface area contributed by atoms with Gasteiger partial charge in [0.15, 0.2) is 0 Å². The van der Waals surface area contributed by atoms with Gasteiger partial charge < -0.3 is 15.2 Å². The first-order valence-corrected chi connectivity index (χ1v) is 10.5. The Bertz CT molecular complexity index is 1310. The predicted molar refractivity (Wildman–Crippen MR) is 128 cm³/mol. The van der Waals surface area contributed by atoms with Gasteiger partial charge in [-0.3, -0.25) is 9.59 Å². The Balaban J connectivity index is 1.67. The molecular weight excluding hydrogens is 422 g/mol. The molecule has 0 atom stereocenters. The van der Waals surface area contributed by atoms with E-state index in [1.807, 2.05) is 72.4 Å². The van der Waals surface area contributed by atoms with Crippen LogP contribution >= 0.6 is 11.6 Å². The molecule has 6 heteroatoms. The predicted octanol–water partition coefficient (Wildman–Crippen LogP) is 4.92. The highest BCUT2D eigenvalue weighted by molar-refractivity contribution is 6.34. The zero-order valence-electron chi connectivity index (χ0n) is 17.5. The number of halogens is 1. The molecule has 0 spiro atoms. The van der Waals surface area contributed by atoms with Crippen molar-refractivity contribution in [3.05, 3.63) is 112 Å². The van der Waals surface area contributed by atoms with Crippen LogP contribution in [0.3, 0.4) is 0 Å². The maximum absolute atomic E-state index is 13.1. The van der Waals surface area contributed by atoms with Crippen LogP contribution in [0.25, 0.3) is 17.0 Å². The number of benzene rings is 3. The molecular formula is C26H22ClN3O2. The van der Waals surface area contributed by atoms with Gasteiger partial charge in [0.2, 0.25) is 0 Å². The molecule has 4 rings (SSSR count). The fourth-order valence-corrected chi connectivity index (χ4v) is 3.73. The molecule has 4 aromatic rings. The minimum atomic E-state index is -0.447. The summed E-state index contributed by atoms with van der Waals surface area (Å²) >= 11 is 6.18. The Morgan fingerprint density at radius 3 is 2.41 bits per heavy atom. The Hall–Kier alpha value is -3.83. The molecule has 0 saturated heterocycles. The fourth-order valence-electron chi connectivity index (χ4n) is 3.51. The molecule has 1 aromatic heterocycles. The van der Waals surface area contributed by atoms with E-state index in [2.05, 4.69) is 10.6 Å². The van der Waals surface area contributed by atoms with E-state index in [9.17, 15) is 9.59 Å². The summed E-state index contributed by atoms with van der Waals surface area (Å²) in [5.41, 5.74) is 3.26. The van der Waals surface area contributed by atoms with Gasteiger partial charge in [-0.25, -0.2) is 0 Å². The Kier molecular flexibility index (Phi) is 6.38. The number of amides is 2. The average molecular weight is 444 g/mol. The van der Waals surface area contributed by atoms with Crippen LogP contribution in [0.1, 0.15) is 21.5 Å². The highest BCUT2D eigenvalue weighted by Crippen LogP contribution is 2.23. The number of hydrogen-bond donors (Lipinski definition) is 2. The zero-order valence-corrected chi connectivity index (χ0v) is 18.3. The lowest BCUT2D eigenvalue weighted by atomic mass is 10.1. The smallest absolute Gasteiger partial charge is 0.268 e. The van der Waals surface area contributed by atoms with Crippen molar-refractivity contribution in [3.63, 3.8) is 0 Å². The van der Waals surface area contributed by atoms with Crippen molar-refractivity contribution in [2.24, 2.45) is 7.05 Å². The van der Waals surface area contributed by atoms with Crippen molar-refractivity contribution in [1.29, 1.82) is 0 Å². The molecule has 5 nitrogen and oxygen atoms in total. The van der Waals surface area contributed by atoms with Crippen LogP contribution in [0.2, 0.25) is 5.02 Å². The van der Waals surface area contributed by atoms with Crippen molar-refractivity contribution in [3.8, 4) is 0 Å². The van der Waals surface area contributed by atoms with Gasteiger partial charge in [0.05, 0.1) is 10.6 Å². The lowest BCUT2D eigenvalue weighted by Gasteiger charge is -2.12. The number of nitrogens with zero attached hydrogens (tertiary/aromatic N) is 1. The summed E-state index contributed by atoms with van der Waals surface area (Å²) in [6.07, 6.45) is 3.62. The lowest BCUT2D eigenvalue weighted by molar-refractivity contribution is -0.117. The minimum Gasteiger partial charge on any atom is -0.350 e. The van der Waals surface area contributed by atoms with E-state index in [1.54, 1.807) is 30.3 Å². The van der Waals surface area contributed by atoms with Crippen molar-refractivity contribution < 1.29 is 9.59 Å². The normalized spacial score (nSPS) is 11.4. The highest BCUT2D eigenvalue weighted by Gasteiger charge is 2.17. The number of nitrogens with one attached hydrogen (secondary N) is 2. The number of aromatic nitrogens is 1. The number of carbonyl (C=O) groups excluding carboxylic acids is 2. The number of para-hydroxylation sites is 1. The molecule has 0 bridgehead atoms. The Labute approximate surface area is 191 Å². The molecule has 0 unspecified atom stereocenters. The second kappa shape index (κ2) is 9.54. The number of fused-ring (bicyclic) bond motifs is 1. The molecule has 0 aliphatic heterocycles. The summed E-state index contributed by atoms with van der Waals surface area (Å²) in [4.78, 5) is 26.0. The standard InChI is InChI=1S/C26H22ClN3O2/c1-30-17-19(20-11-6-8-14-24(20)30)15-23(26(32)28-16-18-9-3-2-4-10-18)29-25(31)21-12-5-7-13-22(21)27/h2-15,17H,16H2,1H3,(H,28,32)(H,29,31)/b23-15-. The third kappa shape index (κ3) is 4.74. The summed E-state index contributed by atoms with van der Waals surface area (Å²) in [5, 5.41) is 6.93. The Morgan fingerprint density at radius 1 is 0.938 bits per heavy atom. The highest BCUT2D eigenvalue weighted by atomic mass is 35.5. The molecule has 3 aromatic carbocycles. The van der Waals surface area contributed by atoms with Crippen molar-refractivity contribution >= 4 is 40.4 Å². The maximum atomic E-state index is 13.1. The molecule has 0 saturated carbocycles. The number of carbonyl (C=O) groups is 2. The minimum absolute atomic E-state index is 0.141. The number of hydrogen-bond acceptors (Lipinski definition) is 2. The van der Waals surface area contributed by atoms with E-state index in [0.29, 0.717) is 17.1 Å². The average Bonchev–Trinajstić information content (AvgIpc) is 3.13. The third-order valence-corrected chi connectivity index (χ3v) is 5.46. The molecule has 0 aliphatic rings. The monoisotopic (exact) mass is 443 g/mol. The number of aryl methyl sites for hydroxylation is 1. The fraction of sp³-hybridized carbons (Fsp3) is 0.0769. The van der Waals surface area contributed by atoms with Gasteiger partial charge >= 0.3 is 0 Å². The van der Waals surface area contributed by atoms with Crippen LogP contribution in [0.15, 0.2) is 90.8 Å². The molecule has 2 N–H and O–H groups in total. The van der Waals surface area contributed by atoms with Gasteiger partial charge in [0.25, 0.3) is 11.8 Å². The largest absolute Gasteiger partial charge is 0.350 e. The van der Waals surface area contributed by atoms with E-state index in [4.69, 9.17) is 11.6 Å². The molecule has 0 fully saturated rings. The molecule has 0 aliphatic carbocycles. The lowest BCUT2D eigenvalue weighted by Crippen LogP contribution is -2.34. The molecule has 2 amide bonds. The molecule has 160 valence electrons. The van der Waals surface area contributed by atoms with E-state index >= 15 is 0 Å². The van der Waals surface area contributed by atoms with Crippen molar-refractivity contribution in [2.45, 2.75) is 6.54 Å². The summed E-state index contributed by atoms with van der Waals surface area (Å²) in [6.45, 7) is 0.342. The number of rotatable bonds is 6. The SMILES string of the molecule is Cn1cc(/C=C(\NC(=O)c2ccccc2Cl)C(=O)NCc2ccccc2)c2ccccc21. The van der Waals surface area contributed by atoms with Crippen molar-refractivity contribution in [1.82, 2.24) is 15.2 Å². The van der Waals surface area contributed by atoms with Crippen LogP contribution in [-0.4, -0.2) is 16.4 Å². The second-order valence-electron chi connectivity index (χ2n) is 7.37. The first kappa shape index (κ1) is 21.4. The molecule has 1 heterocycles. The van der Waals surface area contributed by atoms with E-state index < -0.39 is 5.91 Å². The van der Waals surface area contributed by atoms with Gasteiger partial charge in [-0.15, -0.1) is 0 Å². The summed E-state index contributed by atoms with van der Waals surface area (Å²) in [7, 11) is 1.94. The van der Waals surface area contributed by atoms with Crippen LogP contribution in [-0.2, 0) is 18.4 Å². The second-order valence-corrected chi connectivity index (χ2v) is 7.78. The van der Waals surface area contributed by atoms with E-state index in [-0.39, 0.29) is 11.6 Å². The van der Waals surface area contributed by atoms with Crippen LogP contribution in [0.5, 0.6) is 0 Å². The van der Waals surface area contributed by atoms with Crippen molar-refractivity contribution in [2.75, 3.05) is 0 Å². The van der Waals surface area contributed by atoms with Crippen LogP contribution < -0.4 is 10.6 Å². The summed E-state index contributed by atoms with van der Waals surface area (Å²) < 4.78 is 1.98. The topological polar surface area (TPSA) is 63.1 Å². The van der Waals surface area contributed by atoms with Gasteiger partial charge in [0, 0.05) is 36.3 Å².